The molecule has 8 heteroatoms. The molecule has 2 N–H and O–H groups in total. The SMILES string of the molecule is CCC1SCC(C(=O)O)N1C(=O)Nc1cc(F)ccc1Cl. The van der Waals surface area contributed by atoms with Crippen LogP contribution >= 0.6 is 23.4 Å². The molecular formula is C13H14ClFN2O3S. The summed E-state index contributed by atoms with van der Waals surface area (Å²) in [5.41, 5.74) is 0.123. The number of rotatable bonds is 3. The summed E-state index contributed by atoms with van der Waals surface area (Å²) in [6.45, 7) is 1.87. The molecule has 1 aliphatic heterocycles. The van der Waals surface area contributed by atoms with Crippen LogP contribution in [0.4, 0.5) is 14.9 Å². The van der Waals surface area contributed by atoms with Crippen molar-refractivity contribution in [2.24, 2.45) is 0 Å². The van der Waals surface area contributed by atoms with Gasteiger partial charge in [-0.2, -0.15) is 0 Å². The lowest BCUT2D eigenvalue weighted by atomic mass is 10.2. The number of amides is 2. The van der Waals surface area contributed by atoms with E-state index >= 15 is 0 Å². The average molecular weight is 333 g/mol. The second-order valence-electron chi connectivity index (χ2n) is 4.51. The summed E-state index contributed by atoms with van der Waals surface area (Å²) in [5.74, 6) is -1.26. The van der Waals surface area contributed by atoms with Gasteiger partial charge in [0.15, 0.2) is 0 Å². The number of thioether (sulfide) groups is 1. The molecule has 1 saturated heterocycles. The quantitative estimate of drug-likeness (QED) is 0.891. The Bertz CT molecular complexity index is 572. The van der Waals surface area contributed by atoms with Crippen molar-refractivity contribution in [3.63, 3.8) is 0 Å². The number of carbonyl (C=O) groups is 2. The van der Waals surface area contributed by atoms with Gasteiger partial charge in [-0.3, -0.25) is 4.90 Å². The topological polar surface area (TPSA) is 69.6 Å². The van der Waals surface area contributed by atoms with Crippen molar-refractivity contribution < 1.29 is 19.1 Å². The maximum Gasteiger partial charge on any atom is 0.327 e. The van der Waals surface area contributed by atoms with Gasteiger partial charge in [-0.25, -0.2) is 14.0 Å². The molecule has 0 aliphatic carbocycles. The molecule has 5 nitrogen and oxygen atoms in total. The van der Waals surface area contributed by atoms with Gasteiger partial charge in [0, 0.05) is 5.75 Å². The molecule has 114 valence electrons. The second kappa shape index (κ2) is 6.53. The summed E-state index contributed by atoms with van der Waals surface area (Å²) in [4.78, 5) is 24.8. The molecule has 1 heterocycles. The first kappa shape index (κ1) is 15.9. The third-order valence-corrected chi connectivity index (χ3v) is 4.91. The van der Waals surface area contributed by atoms with Crippen molar-refractivity contribution in [1.82, 2.24) is 4.90 Å². The molecule has 0 saturated carbocycles. The number of anilines is 1. The van der Waals surface area contributed by atoms with Gasteiger partial charge < -0.3 is 10.4 Å². The van der Waals surface area contributed by atoms with Gasteiger partial charge in [0.25, 0.3) is 0 Å². The van der Waals surface area contributed by atoms with Crippen LogP contribution in [0.25, 0.3) is 0 Å². The maximum atomic E-state index is 13.2. The zero-order valence-electron chi connectivity index (χ0n) is 11.2. The number of urea groups is 1. The van der Waals surface area contributed by atoms with E-state index in [1.807, 2.05) is 6.92 Å². The zero-order chi connectivity index (χ0) is 15.6. The van der Waals surface area contributed by atoms with E-state index in [1.165, 1.54) is 28.8 Å². The fourth-order valence-electron chi connectivity index (χ4n) is 2.11. The molecule has 21 heavy (non-hydrogen) atoms. The highest BCUT2D eigenvalue weighted by molar-refractivity contribution is 8.00. The number of nitrogens with one attached hydrogen (secondary N) is 1. The number of hydrogen-bond donors (Lipinski definition) is 2. The summed E-state index contributed by atoms with van der Waals surface area (Å²) >= 11 is 7.31. The highest BCUT2D eigenvalue weighted by atomic mass is 35.5. The number of carboxylic acids is 1. The summed E-state index contributed by atoms with van der Waals surface area (Å²) in [7, 11) is 0. The Morgan fingerprint density at radius 1 is 1.57 bits per heavy atom. The highest BCUT2D eigenvalue weighted by Gasteiger charge is 2.40. The first-order chi connectivity index (χ1) is 9.93. The Hall–Kier alpha value is -1.47. The molecule has 1 aliphatic rings. The van der Waals surface area contributed by atoms with E-state index in [1.54, 1.807) is 0 Å². The fourth-order valence-corrected chi connectivity index (χ4v) is 3.63. The van der Waals surface area contributed by atoms with E-state index in [9.17, 15) is 19.1 Å². The van der Waals surface area contributed by atoms with E-state index in [2.05, 4.69) is 5.32 Å². The van der Waals surface area contributed by atoms with E-state index in [0.717, 1.165) is 6.07 Å². The first-order valence-electron chi connectivity index (χ1n) is 6.32. The van der Waals surface area contributed by atoms with Gasteiger partial charge in [0.05, 0.1) is 16.1 Å². The zero-order valence-corrected chi connectivity index (χ0v) is 12.7. The monoisotopic (exact) mass is 332 g/mol. The highest BCUT2D eigenvalue weighted by Crippen LogP contribution is 2.32. The van der Waals surface area contributed by atoms with Crippen LogP contribution in [0.1, 0.15) is 13.3 Å². The number of nitrogens with zero attached hydrogens (tertiary/aromatic N) is 1. The van der Waals surface area contributed by atoms with Crippen LogP contribution in [0.3, 0.4) is 0 Å². The third-order valence-electron chi connectivity index (χ3n) is 3.13. The van der Waals surface area contributed by atoms with Crippen molar-refractivity contribution in [2.75, 3.05) is 11.1 Å². The molecular weight excluding hydrogens is 319 g/mol. The summed E-state index contributed by atoms with van der Waals surface area (Å²) < 4.78 is 13.2. The predicted octanol–water partition coefficient (Wildman–Crippen LogP) is 3.25. The lowest BCUT2D eigenvalue weighted by Crippen LogP contribution is -2.47. The van der Waals surface area contributed by atoms with Crippen molar-refractivity contribution in [3.8, 4) is 0 Å². The minimum absolute atomic E-state index is 0.123. The number of hydrogen-bond acceptors (Lipinski definition) is 3. The van der Waals surface area contributed by atoms with Crippen molar-refractivity contribution in [2.45, 2.75) is 24.8 Å². The van der Waals surface area contributed by atoms with E-state index in [0.29, 0.717) is 12.2 Å². The molecule has 2 rings (SSSR count). The van der Waals surface area contributed by atoms with Crippen LogP contribution < -0.4 is 5.32 Å². The normalized spacial score (nSPS) is 21.4. The van der Waals surface area contributed by atoms with Crippen LogP contribution in [0, 0.1) is 5.82 Å². The number of benzene rings is 1. The predicted molar refractivity (Wildman–Crippen MR) is 80.2 cm³/mol. The van der Waals surface area contributed by atoms with Crippen LogP contribution in [0.2, 0.25) is 5.02 Å². The number of halogens is 2. The Labute approximate surface area is 130 Å². The van der Waals surface area contributed by atoms with Gasteiger partial charge in [-0.15, -0.1) is 11.8 Å². The molecule has 0 radical (unpaired) electrons. The van der Waals surface area contributed by atoms with Gasteiger partial charge >= 0.3 is 12.0 Å². The molecule has 2 unspecified atom stereocenters. The first-order valence-corrected chi connectivity index (χ1v) is 7.75. The Morgan fingerprint density at radius 2 is 2.29 bits per heavy atom. The number of aliphatic carboxylic acids is 1. The molecule has 1 aromatic rings. The smallest absolute Gasteiger partial charge is 0.327 e. The minimum atomic E-state index is -1.06. The van der Waals surface area contributed by atoms with Crippen LogP contribution in [-0.4, -0.2) is 39.2 Å². The van der Waals surface area contributed by atoms with Gasteiger partial charge in [-0.05, 0) is 24.6 Å². The van der Waals surface area contributed by atoms with E-state index in [4.69, 9.17) is 11.6 Å². The van der Waals surface area contributed by atoms with Gasteiger partial charge in [0.1, 0.15) is 11.9 Å². The summed E-state index contributed by atoms with van der Waals surface area (Å²) in [6, 6.07) is 2.12. The summed E-state index contributed by atoms with van der Waals surface area (Å²) in [6.07, 6.45) is 0.624. The minimum Gasteiger partial charge on any atom is -0.480 e. The second-order valence-corrected chi connectivity index (χ2v) is 6.13. The van der Waals surface area contributed by atoms with Crippen molar-refractivity contribution in [1.29, 1.82) is 0 Å². The molecule has 1 fully saturated rings. The fraction of sp³-hybridized carbons (Fsp3) is 0.385. The molecule has 2 amide bonds. The standard InChI is InChI=1S/C13H14ClFN2O3S/c1-2-11-17(10(6-21-11)12(18)19)13(20)16-9-5-7(15)3-4-8(9)14/h3-5,10-11H,2,6H2,1H3,(H,16,20)(H,18,19). The Balaban J connectivity index is 2.21. The van der Waals surface area contributed by atoms with Crippen LogP contribution in [0.15, 0.2) is 18.2 Å². The maximum absolute atomic E-state index is 13.2. The molecule has 0 spiro atoms. The number of carbonyl (C=O) groups excluding carboxylic acids is 1. The molecule has 2 atom stereocenters. The molecule has 1 aromatic carbocycles. The number of carboxylic acid groups (broad SMARTS) is 1. The van der Waals surface area contributed by atoms with Crippen LogP contribution in [0.5, 0.6) is 0 Å². The lowest BCUT2D eigenvalue weighted by Gasteiger charge is -2.27. The molecule has 0 bridgehead atoms. The third kappa shape index (κ3) is 3.41. The van der Waals surface area contributed by atoms with E-state index in [-0.39, 0.29) is 16.1 Å². The average Bonchev–Trinajstić information content (AvgIpc) is 2.87. The Morgan fingerprint density at radius 3 is 2.90 bits per heavy atom. The van der Waals surface area contributed by atoms with E-state index < -0.39 is 23.9 Å². The van der Waals surface area contributed by atoms with Crippen LogP contribution in [-0.2, 0) is 4.79 Å². The van der Waals surface area contributed by atoms with Gasteiger partial charge in [-0.1, -0.05) is 18.5 Å². The largest absolute Gasteiger partial charge is 0.480 e. The van der Waals surface area contributed by atoms with Gasteiger partial charge in [0.2, 0.25) is 0 Å². The van der Waals surface area contributed by atoms with Crippen molar-refractivity contribution in [3.05, 3.63) is 29.0 Å². The molecule has 0 aromatic heterocycles. The summed E-state index contributed by atoms with van der Waals surface area (Å²) in [5, 5.41) is 11.6. The lowest BCUT2D eigenvalue weighted by molar-refractivity contribution is -0.141. The van der Waals surface area contributed by atoms with Crippen molar-refractivity contribution >= 4 is 41.1 Å². The Kier molecular flexibility index (Phi) is 4.95.